The monoisotopic (exact) mass is 238 g/mol. The van der Waals surface area contributed by atoms with Crippen molar-refractivity contribution in [1.29, 1.82) is 0 Å². The van der Waals surface area contributed by atoms with Crippen LogP contribution in [0.25, 0.3) is 6.08 Å². The molecule has 0 saturated heterocycles. The normalized spacial score (nSPS) is 16.3. The lowest BCUT2D eigenvalue weighted by atomic mass is 10.0. The Bertz CT molecular complexity index is 425. The van der Waals surface area contributed by atoms with Gasteiger partial charge in [-0.1, -0.05) is 18.2 Å². The van der Waals surface area contributed by atoms with Crippen LogP contribution in [0.15, 0.2) is 30.3 Å². The van der Waals surface area contributed by atoms with E-state index in [9.17, 15) is 4.79 Å². The van der Waals surface area contributed by atoms with Gasteiger partial charge < -0.3 is 4.90 Å². The molecule has 0 bridgehead atoms. The zero-order valence-corrected chi connectivity index (χ0v) is 10.6. The predicted molar refractivity (Wildman–Crippen MR) is 75.3 cm³/mol. The van der Waals surface area contributed by atoms with Gasteiger partial charge >= 0.3 is 0 Å². The second-order valence-corrected chi connectivity index (χ2v) is 4.36. The van der Waals surface area contributed by atoms with Crippen molar-refractivity contribution in [1.82, 2.24) is 0 Å². The molecule has 0 N–H and O–H groups in total. The van der Waals surface area contributed by atoms with Gasteiger partial charge in [-0.15, -0.1) is 0 Å². The van der Waals surface area contributed by atoms with E-state index in [0.29, 0.717) is 0 Å². The molecule has 0 atom stereocenters. The van der Waals surface area contributed by atoms with Crippen LogP contribution >= 0.6 is 0 Å². The molecule has 1 saturated carbocycles. The van der Waals surface area contributed by atoms with Crippen molar-refractivity contribution >= 4 is 17.5 Å². The molecule has 1 aromatic rings. The summed E-state index contributed by atoms with van der Waals surface area (Å²) in [6.07, 6.45) is 10.8. The summed E-state index contributed by atoms with van der Waals surface area (Å²) in [5.41, 5.74) is 2.18. The average molecular weight is 238 g/mol. The van der Waals surface area contributed by atoms with Crippen molar-refractivity contribution in [2.24, 2.45) is 0 Å². The number of hydrogen-bond donors (Lipinski definition) is 0. The van der Waals surface area contributed by atoms with E-state index in [-0.39, 0.29) is 5.78 Å². The Hall–Kier alpha value is -1.57. The standard InChI is InChI=1S/C16H16NO/c1-17(2)15-10-7-13(8-11-15)9-12-16(18)14-5-3-4-6-14/h3-12H,1-2H3/b12-9+. The van der Waals surface area contributed by atoms with Crippen LogP contribution in [0, 0.1) is 31.6 Å². The van der Waals surface area contributed by atoms with E-state index in [4.69, 9.17) is 0 Å². The molecule has 0 aliphatic heterocycles. The first-order chi connectivity index (χ1) is 8.66. The summed E-state index contributed by atoms with van der Waals surface area (Å²) in [5, 5.41) is 0. The molecule has 18 heavy (non-hydrogen) atoms. The van der Waals surface area contributed by atoms with Crippen LogP contribution in [0.5, 0.6) is 0 Å². The van der Waals surface area contributed by atoms with Gasteiger partial charge in [0.15, 0.2) is 5.78 Å². The van der Waals surface area contributed by atoms with Crippen molar-refractivity contribution in [3.05, 3.63) is 67.5 Å². The fraction of sp³-hybridized carbons (Fsp3) is 0.125. The van der Waals surface area contributed by atoms with Crippen LogP contribution in [0.3, 0.4) is 0 Å². The Morgan fingerprint density at radius 3 is 2.22 bits per heavy atom. The molecule has 2 nitrogen and oxygen atoms in total. The smallest absolute Gasteiger partial charge is 0.163 e. The number of ketones is 1. The van der Waals surface area contributed by atoms with Crippen LogP contribution < -0.4 is 4.90 Å². The summed E-state index contributed by atoms with van der Waals surface area (Å²) < 4.78 is 0. The number of carbonyl (C=O) groups is 1. The average Bonchev–Trinajstić information content (AvgIpc) is 2.90. The molecule has 0 aromatic heterocycles. The fourth-order valence-electron chi connectivity index (χ4n) is 1.69. The van der Waals surface area contributed by atoms with Gasteiger partial charge in [0.1, 0.15) is 0 Å². The van der Waals surface area contributed by atoms with E-state index in [1.54, 1.807) is 6.08 Å². The number of hydrogen-bond acceptors (Lipinski definition) is 2. The molecule has 1 aliphatic rings. The second kappa shape index (κ2) is 5.85. The van der Waals surface area contributed by atoms with Gasteiger partial charge in [0.2, 0.25) is 0 Å². The third-order valence-electron chi connectivity index (χ3n) is 2.78. The molecular weight excluding hydrogens is 222 g/mol. The van der Waals surface area contributed by atoms with Crippen LogP contribution in [0.2, 0.25) is 0 Å². The van der Waals surface area contributed by atoms with E-state index in [1.165, 1.54) is 0 Å². The highest BCUT2D eigenvalue weighted by atomic mass is 16.1. The van der Waals surface area contributed by atoms with Crippen molar-refractivity contribution in [2.75, 3.05) is 19.0 Å². The molecular formula is C16H16NO. The highest BCUT2D eigenvalue weighted by Crippen LogP contribution is 2.24. The maximum absolute atomic E-state index is 11.8. The van der Waals surface area contributed by atoms with Gasteiger partial charge in [0.05, 0.1) is 5.92 Å². The molecule has 1 aromatic carbocycles. The number of nitrogens with zero attached hydrogens (tertiary/aromatic N) is 1. The summed E-state index contributed by atoms with van der Waals surface area (Å²) in [6, 6.07) is 8.08. The largest absolute Gasteiger partial charge is 0.378 e. The Kier molecular flexibility index (Phi) is 4.19. The maximum atomic E-state index is 11.8. The lowest BCUT2D eigenvalue weighted by Crippen LogP contribution is -2.08. The fourth-order valence-corrected chi connectivity index (χ4v) is 1.69. The van der Waals surface area contributed by atoms with E-state index >= 15 is 0 Å². The summed E-state index contributed by atoms with van der Waals surface area (Å²) in [7, 11) is 4.01. The van der Waals surface area contributed by atoms with Gasteiger partial charge in [0, 0.05) is 19.8 Å². The third-order valence-corrected chi connectivity index (χ3v) is 2.78. The van der Waals surface area contributed by atoms with E-state index in [2.05, 4.69) is 0 Å². The maximum Gasteiger partial charge on any atom is 0.163 e. The van der Waals surface area contributed by atoms with Crippen molar-refractivity contribution < 1.29 is 4.79 Å². The lowest BCUT2D eigenvalue weighted by molar-refractivity contribution is -0.112. The number of benzene rings is 1. The first-order valence-corrected chi connectivity index (χ1v) is 5.88. The Morgan fingerprint density at radius 1 is 1.06 bits per heavy atom. The highest BCUT2D eigenvalue weighted by Gasteiger charge is 2.22. The molecule has 1 fully saturated rings. The van der Waals surface area contributed by atoms with Gasteiger partial charge in [-0.3, -0.25) is 4.79 Å². The van der Waals surface area contributed by atoms with Gasteiger partial charge in [-0.05, 0) is 49.5 Å². The van der Waals surface area contributed by atoms with Crippen LogP contribution in [-0.4, -0.2) is 19.9 Å². The van der Waals surface area contributed by atoms with Gasteiger partial charge in [0.25, 0.3) is 0 Å². The SMILES string of the molecule is CN(C)c1ccc(/C=C/C(=O)[C]2[CH][CH][CH][CH]2)cc1. The van der Waals surface area contributed by atoms with Gasteiger partial charge in [-0.25, -0.2) is 0 Å². The molecule has 5 radical (unpaired) electrons. The van der Waals surface area contributed by atoms with Crippen molar-refractivity contribution in [3.63, 3.8) is 0 Å². The summed E-state index contributed by atoms with van der Waals surface area (Å²) in [5.74, 6) is 0.771. The van der Waals surface area contributed by atoms with Crippen LogP contribution in [-0.2, 0) is 4.79 Å². The van der Waals surface area contributed by atoms with E-state index in [1.807, 2.05) is 75.0 Å². The van der Waals surface area contributed by atoms with Crippen LogP contribution in [0.4, 0.5) is 5.69 Å². The Morgan fingerprint density at radius 2 is 1.67 bits per heavy atom. The molecule has 0 unspecified atom stereocenters. The molecule has 91 valence electrons. The summed E-state index contributed by atoms with van der Waals surface area (Å²) in [6.45, 7) is 0. The Balaban J connectivity index is 1.97. The van der Waals surface area contributed by atoms with E-state index < -0.39 is 0 Å². The zero-order valence-electron chi connectivity index (χ0n) is 10.6. The third kappa shape index (κ3) is 3.22. The molecule has 0 spiro atoms. The summed E-state index contributed by atoms with van der Waals surface area (Å²) in [4.78, 5) is 13.8. The minimum atomic E-state index is 0.0386. The molecule has 0 heterocycles. The highest BCUT2D eigenvalue weighted by molar-refractivity contribution is 6.07. The first kappa shape index (κ1) is 12.9. The minimum Gasteiger partial charge on any atom is -0.378 e. The second-order valence-electron chi connectivity index (χ2n) is 4.36. The van der Waals surface area contributed by atoms with Crippen LogP contribution in [0.1, 0.15) is 5.56 Å². The minimum absolute atomic E-state index is 0.0386. The van der Waals surface area contributed by atoms with Crippen molar-refractivity contribution in [3.8, 4) is 0 Å². The molecule has 2 heteroatoms. The van der Waals surface area contributed by atoms with Crippen molar-refractivity contribution in [2.45, 2.75) is 0 Å². The zero-order chi connectivity index (χ0) is 13.0. The first-order valence-electron chi connectivity index (χ1n) is 5.88. The molecule has 1 aliphatic carbocycles. The van der Waals surface area contributed by atoms with E-state index in [0.717, 1.165) is 17.2 Å². The number of carbonyl (C=O) groups excluding carboxylic acids is 1. The molecule has 2 rings (SSSR count). The Labute approximate surface area is 109 Å². The predicted octanol–water partition coefficient (Wildman–Crippen LogP) is 2.74. The molecule has 0 amide bonds. The number of allylic oxidation sites excluding steroid dienone is 1. The summed E-state index contributed by atoms with van der Waals surface area (Å²) >= 11 is 0. The topological polar surface area (TPSA) is 20.3 Å². The number of rotatable bonds is 4. The van der Waals surface area contributed by atoms with Gasteiger partial charge in [-0.2, -0.15) is 0 Å². The lowest BCUT2D eigenvalue weighted by Gasteiger charge is -2.11. The quantitative estimate of drug-likeness (QED) is 0.752. The number of anilines is 1.